The van der Waals surface area contributed by atoms with Crippen molar-refractivity contribution in [3.63, 3.8) is 0 Å². The van der Waals surface area contributed by atoms with Gasteiger partial charge in [-0.25, -0.2) is 4.79 Å². The number of rotatable bonds is 3. The molecule has 0 saturated heterocycles. The molecule has 2 aromatic rings. The largest absolute Gasteiger partial charge is 0.477 e. The lowest BCUT2D eigenvalue weighted by molar-refractivity contribution is 0.0703. The van der Waals surface area contributed by atoms with Gasteiger partial charge in [-0.05, 0) is 52.0 Å². The Hall–Kier alpha value is -1.37. The fourth-order valence-corrected chi connectivity index (χ4v) is 3.05. The van der Waals surface area contributed by atoms with Gasteiger partial charge < -0.3 is 10.4 Å². The summed E-state index contributed by atoms with van der Waals surface area (Å²) < 4.78 is 0.587. The molecule has 7 heteroatoms. The van der Waals surface area contributed by atoms with Crippen LogP contribution >= 0.6 is 38.9 Å². The average Bonchev–Trinajstić information content (AvgIpc) is 2.74. The molecule has 2 N–H and O–H groups in total. The van der Waals surface area contributed by atoms with Crippen LogP contribution in [0.4, 0.5) is 5.69 Å². The van der Waals surface area contributed by atoms with E-state index in [0.29, 0.717) is 26.3 Å². The molecule has 1 heterocycles. The highest BCUT2D eigenvalue weighted by Gasteiger charge is 2.19. The van der Waals surface area contributed by atoms with Gasteiger partial charge in [-0.15, -0.1) is 11.3 Å². The molecule has 0 saturated carbocycles. The first-order valence-corrected chi connectivity index (χ1v) is 7.53. The van der Waals surface area contributed by atoms with Crippen LogP contribution in [-0.4, -0.2) is 17.0 Å². The van der Waals surface area contributed by atoms with E-state index in [-0.39, 0.29) is 4.88 Å². The fraction of sp³-hybridized carbons (Fsp3) is 0.0769. The van der Waals surface area contributed by atoms with Gasteiger partial charge >= 0.3 is 5.97 Å². The van der Waals surface area contributed by atoms with Crippen LogP contribution in [0.2, 0.25) is 5.02 Å². The Bertz CT molecular complexity index is 699. The Morgan fingerprint density at radius 1 is 1.40 bits per heavy atom. The summed E-state index contributed by atoms with van der Waals surface area (Å²) in [4.78, 5) is 23.4. The van der Waals surface area contributed by atoms with Crippen molar-refractivity contribution in [2.24, 2.45) is 0 Å². The quantitative estimate of drug-likeness (QED) is 0.835. The maximum absolute atomic E-state index is 12.2. The first-order chi connectivity index (χ1) is 9.40. The number of benzene rings is 1. The van der Waals surface area contributed by atoms with Gasteiger partial charge in [0.1, 0.15) is 4.88 Å². The number of carboxylic acids is 1. The molecule has 20 heavy (non-hydrogen) atoms. The number of hydrogen-bond acceptors (Lipinski definition) is 3. The fourth-order valence-electron chi connectivity index (χ4n) is 1.61. The zero-order valence-corrected chi connectivity index (χ0v) is 13.4. The van der Waals surface area contributed by atoms with Crippen molar-refractivity contribution in [3.8, 4) is 0 Å². The standard InChI is InChI=1S/C13H9BrClNO3S/c1-6-5-20-11(13(18)19)10(6)16-12(17)8-4-7(15)2-3-9(8)14/h2-5H,1H3,(H,16,17)(H,18,19). The second kappa shape index (κ2) is 5.95. The molecule has 0 unspecified atom stereocenters. The molecule has 0 aliphatic heterocycles. The Kier molecular flexibility index (Phi) is 4.47. The highest BCUT2D eigenvalue weighted by molar-refractivity contribution is 9.10. The summed E-state index contributed by atoms with van der Waals surface area (Å²) in [5.41, 5.74) is 1.37. The van der Waals surface area contributed by atoms with Gasteiger partial charge in [0, 0.05) is 9.50 Å². The van der Waals surface area contributed by atoms with Gasteiger partial charge in [0.05, 0.1) is 11.3 Å². The molecule has 0 bridgehead atoms. The lowest BCUT2D eigenvalue weighted by Crippen LogP contribution is -2.14. The molecule has 104 valence electrons. The number of anilines is 1. The zero-order valence-electron chi connectivity index (χ0n) is 10.2. The molecule has 4 nitrogen and oxygen atoms in total. The van der Waals surface area contributed by atoms with E-state index in [2.05, 4.69) is 21.2 Å². The molecular formula is C13H9BrClNO3S. The van der Waals surface area contributed by atoms with Gasteiger partial charge in [-0.3, -0.25) is 4.79 Å². The maximum atomic E-state index is 12.2. The van der Waals surface area contributed by atoms with E-state index in [4.69, 9.17) is 16.7 Å². The van der Waals surface area contributed by atoms with Gasteiger partial charge in [0.2, 0.25) is 0 Å². The molecular weight excluding hydrogens is 366 g/mol. The van der Waals surface area contributed by atoms with Crippen molar-refractivity contribution in [2.45, 2.75) is 6.92 Å². The number of nitrogens with one attached hydrogen (secondary N) is 1. The van der Waals surface area contributed by atoms with Crippen LogP contribution in [0, 0.1) is 6.92 Å². The number of amides is 1. The molecule has 0 atom stereocenters. The first-order valence-electron chi connectivity index (χ1n) is 5.48. The molecule has 0 aliphatic rings. The molecule has 0 radical (unpaired) electrons. The molecule has 0 fully saturated rings. The monoisotopic (exact) mass is 373 g/mol. The smallest absolute Gasteiger partial charge is 0.348 e. The molecule has 1 amide bonds. The van der Waals surface area contributed by atoms with Gasteiger partial charge in [0.15, 0.2) is 0 Å². The van der Waals surface area contributed by atoms with Crippen LogP contribution < -0.4 is 5.32 Å². The van der Waals surface area contributed by atoms with Crippen molar-refractivity contribution in [3.05, 3.63) is 49.1 Å². The summed E-state index contributed by atoms with van der Waals surface area (Å²) in [7, 11) is 0. The van der Waals surface area contributed by atoms with E-state index in [1.54, 1.807) is 24.4 Å². The van der Waals surface area contributed by atoms with E-state index < -0.39 is 11.9 Å². The highest BCUT2D eigenvalue weighted by atomic mass is 79.9. The van der Waals surface area contributed by atoms with E-state index >= 15 is 0 Å². The first kappa shape index (κ1) is 15.0. The summed E-state index contributed by atoms with van der Waals surface area (Å²) in [6, 6.07) is 4.83. The van der Waals surface area contributed by atoms with Gasteiger partial charge in [0.25, 0.3) is 5.91 Å². The summed E-state index contributed by atoms with van der Waals surface area (Å²) in [5.74, 6) is -1.48. The van der Waals surface area contributed by atoms with E-state index in [1.165, 1.54) is 6.07 Å². The summed E-state index contributed by atoms with van der Waals surface area (Å²) in [5, 5.41) is 13.8. The third kappa shape index (κ3) is 3.03. The van der Waals surface area contributed by atoms with Crippen LogP contribution in [0.25, 0.3) is 0 Å². The molecule has 0 spiro atoms. The minimum Gasteiger partial charge on any atom is -0.477 e. The van der Waals surface area contributed by atoms with Crippen molar-refractivity contribution >= 4 is 56.4 Å². The van der Waals surface area contributed by atoms with Gasteiger partial charge in [-0.2, -0.15) is 0 Å². The van der Waals surface area contributed by atoms with E-state index in [0.717, 1.165) is 11.3 Å². The van der Waals surface area contributed by atoms with Crippen molar-refractivity contribution in [2.75, 3.05) is 5.32 Å². The van der Waals surface area contributed by atoms with Crippen molar-refractivity contribution in [1.82, 2.24) is 0 Å². The van der Waals surface area contributed by atoms with Crippen LogP contribution in [0.3, 0.4) is 0 Å². The summed E-state index contributed by atoms with van der Waals surface area (Å²) >= 11 is 10.2. The minimum absolute atomic E-state index is 0.106. The predicted octanol–water partition coefficient (Wildman–Crippen LogP) is 4.42. The Morgan fingerprint density at radius 3 is 2.75 bits per heavy atom. The Labute approximate surface area is 132 Å². The minimum atomic E-state index is -1.07. The number of aromatic carboxylic acids is 1. The second-order valence-corrected chi connectivity index (χ2v) is 6.18. The average molecular weight is 375 g/mol. The number of halogens is 2. The Morgan fingerprint density at radius 2 is 2.10 bits per heavy atom. The van der Waals surface area contributed by atoms with Crippen molar-refractivity contribution < 1.29 is 14.7 Å². The van der Waals surface area contributed by atoms with Crippen molar-refractivity contribution in [1.29, 1.82) is 0 Å². The second-order valence-electron chi connectivity index (χ2n) is 4.01. The number of carbonyl (C=O) groups excluding carboxylic acids is 1. The topological polar surface area (TPSA) is 66.4 Å². The number of carbonyl (C=O) groups is 2. The van der Waals surface area contributed by atoms with Gasteiger partial charge in [-0.1, -0.05) is 11.6 Å². The third-order valence-corrected chi connectivity index (χ3v) is 4.59. The van der Waals surface area contributed by atoms with Crippen LogP contribution in [-0.2, 0) is 0 Å². The summed E-state index contributed by atoms with van der Waals surface area (Å²) in [6.07, 6.45) is 0. The number of carboxylic acid groups (broad SMARTS) is 1. The van der Waals surface area contributed by atoms with E-state index in [1.807, 2.05) is 0 Å². The van der Waals surface area contributed by atoms with Crippen LogP contribution in [0.5, 0.6) is 0 Å². The summed E-state index contributed by atoms with van der Waals surface area (Å²) in [6.45, 7) is 1.74. The van der Waals surface area contributed by atoms with E-state index in [9.17, 15) is 9.59 Å². The number of hydrogen-bond donors (Lipinski definition) is 2. The lowest BCUT2D eigenvalue weighted by atomic mass is 10.2. The predicted molar refractivity (Wildman–Crippen MR) is 83.1 cm³/mol. The third-order valence-electron chi connectivity index (χ3n) is 2.58. The number of aryl methyl sites for hydroxylation is 1. The highest BCUT2D eigenvalue weighted by Crippen LogP contribution is 2.29. The van der Waals surface area contributed by atoms with Crippen LogP contribution in [0.15, 0.2) is 28.1 Å². The normalized spacial score (nSPS) is 10.3. The SMILES string of the molecule is Cc1csc(C(=O)O)c1NC(=O)c1cc(Cl)ccc1Br. The molecule has 1 aromatic heterocycles. The maximum Gasteiger partial charge on any atom is 0.348 e. The number of thiophene rings is 1. The molecule has 2 rings (SSSR count). The molecule has 1 aromatic carbocycles. The van der Waals surface area contributed by atoms with Crippen LogP contribution in [0.1, 0.15) is 25.6 Å². The Balaban J connectivity index is 2.35. The zero-order chi connectivity index (χ0) is 14.9. The molecule has 0 aliphatic carbocycles. The lowest BCUT2D eigenvalue weighted by Gasteiger charge is -2.08.